The van der Waals surface area contributed by atoms with Crippen molar-refractivity contribution in [1.29, 1.82) is 0 Å². The first kappa shape index (κ1) is 14.5. The van der Waals surface area contributed by atoms with Crippen LogP contribution in [-0.4, -0.2) is 36.5 Å². The van der Waals surface area contributed by atoms with E-state index in [9.17, 15) is 9.18 Å². The second-order valence-corrected chi connectivity index (χ2v) is 6.32. The fraction of sp³-hybridized carbons (Fsp3) is 0.588. The molecule has 0 aromatic heterocycles. The van der Waals surface area contributed by atoms with Gasteiger partial charge >= 0.3 is 0 Å². The molecule has 0 radical (unpaired) electrons. The van der Waals surface area contributed by atoms with Gasteiger partial charge in [0.05, 0.1) is 0 Å². The fourth-order valence-electron chi connectivity index (χ4n) is 3.55. The molecule has 1 amide bonds. The summed E-state index contributed by atoms with van der Waals surface area (Å²) in [6, 6.07) is 5.34. The van der Waals surface area contributed by atoms with Crippen LogP contribution in [-0.2, 0) is 0 Å². The van der Waals surface area contributed by atoms with Gasteiger partial charge in [-0.15, -0.1) is 0 Å². The van der Waals surface area contributed by atoms with Crippen LogP contribution in [0.5, 0.6) is 0 Å². The van der Waals surface area contributed by atoms with Gasteiger partial charge in [-0.1, -0.05) is 6.07 Å². The highest BCUT2D eigenvalue weighted by atomic mass is 19.1. The smallest absolute Gasteiger partial charge is 0.253 e. The molecule has 2 aliphatic rings. The molecule has 3 rings (SSSR count). The third kappa shape index (κ3) is 3.10. The molecule has 2 aliphatic heterocycles. The van der Waals surface area contributed by atoms with Crippen molar-refractivity contribution < 1.29 is 9.18 Å². The highest BCUT2D eigenvalue weighted by Gasteiger charge is 2.31. The maximum atomic E-state index is 13.6. The first-order valence-corrected chi connectivity index (χ1v) is 7.94. The summed E-state index contributed by atoms with van der Waals surface area (Å²) in [7, 11) is 0. The van der Waals surface area contributed by atoms with E-state index in [1.54, 1.807) is 19.1 Å². The number of nitrogens with one attached hydrogen (secondary N) is 1. The molecule has 2 saturated heterocycles. The number of hydrogen-bond acceptors (Lipinski definition) is 2. The van der Waals surface area contributed by atoms with Crippen LogP contribution in [0.15, 0.2) is 18.2 Å². The van der Waals surface area contributed by atoms with Crippen LogP contribution < -0.4 is 5.32 Å². The van der Waals surface area contributed by atoms with E-state index in [0.29, 0.717) is 23.1 Å². The van der Waals surface area contributed by atoms with Crippen LogP contribution in [0.3, 0.4) is 0 Å². The molecular formula is C17H23FN2O. The standard InChI is InChI=1S/C17H23FN2O/c1-12-6-7-13(10-15(12)18)17(21)20-9-3-4-14(11-20)16-5-2-8-19-16/h6-7,10,14,16,19H,2-5,8-9,11H2,1H3. The number of carbonyl (C=O) groups excluding carboxylic acids is 1. The van der Waals surface area contributed by atoms with E-state index in [1.165, 1.54) is 25.3 Å². The van der Waals surface area contributed by atoms with Gasteiger partial charge in [-0.2, -0.15) is 0 Å². The van der Waals surface area contributed by atoms with Gasteiger partial charge in [0.15, 0.2) is 0 Å². The SMILES string of the molecule is Cc1ccc(C(=O)N2CCCC(C3CCCN3)C2)cc1F. The topological polar surface area (TPSA) is 32.3 Å². The lowest BCUT2D eigenvalue weighted by molar-refractivity contribution is 0.0650. The third-order valence-corrected chi connectivity index (χ3v) is 4.83. The van der Waals surface area contributed by atoms with Gasteiger partial charge in [-0.25, -0.2) is 4.39 Å². The van der Waals surface area contributed by atoms with E-state index in [2.05, 4.69) is 5.32 Å². The minimum atomic E-state index is -0.299. The van der Waals surface area contributed by atoms with Gasteiger partial charge in [0, 0.05) is 24.7 Å². The largest absolute Gasteiger partial charge is 0.338 e. The van der Waals surface area contributed by atoms with Crippen LogP contribution in [0.25, 0.3) is 0 Å². The summed E-state index contributed by atoms with van der Waals surface area (Å²) in [5.41, 5.74) is 1.05. The molecule has 0 saturated carbocycles. The molecule has 4 heteroatoms. The van der Waals surface area contributed by atoms with Crippen molar-refractivity contribution in [3.8, 4) is 0 Å². The van der Waals surface area contributed by atoms with E-state index >= 15 is 0 Å². The van der Waals surface area contributed by atoms with Crippen molar-refractivity contribution in [2.75, 3.05) is 19.6 Å². The zero-order chi connectivity index (χ0) is 14.8. The van der Waals surface area contributed by atoms with Gasteiger partial charge in [0.25, 0.3) is 5.91 Å². The first-order chi connectivity index (χ1) is 10.1. The highest BCUT2D eigenvalue weighted by Crippen LogP contribution is 2.26. The predicted octanol–water partition coefficient (Wildman–Crippen LogP) is 2.74. The van der Waals surface area contributed by atoms with E-state index in [1.807, 2.05) is 4.90 Å². The van der Waals surface area contributed by atoms with Gasteiger partial charge in [0.2, 0.25) is 0 Å². The lowest BCUT2D eigenvalue weighted by Gasteiger charge is -2.36. The van der Waals surface area contributed by atoms with Crippen LogP contribution >= 0.6 is 0 Å². The summed E-state index contributed by atoms with van der Waals surface area (Å²) in [6.45, 7) is 4.40. The molecule has 1 aromatic rings. The molecule has 1 N–H and O–H groups in total. The molecule has 2 unspecified atom stereocenters. The zero-order valence-corrected chi connectivity index (χ0v) is 12.6. The lowest BCUT2D eigenvalue weighted by atomic mass is 9.89. The molecule has 0 aliphatic carbocycles. The maximum Gasteiger partial charge on any atom is 0.253 e. The molecule has 0 bridgehead atoms. The number of likely N-dealkylation sites (tertiary alicyclic amines) is 1. The summed E-state index contributed by atoms with van der Waals surface area (Å²) >= 11 is 0. The Bertz CT molecular complexity index is 526. The summed E-state index contributed by atoms with van der Waals surface area (Å²) < 4.78 is 13.6. The first-order valence-electron chi connectivity index (χ1n) is 7.94. The molecule has 2 heterocycles. The monoisotopic (exact) mass is 290 g/mol. The van der Waals surface area contributed by atoms with Crippen LogP contribution in [0.4, 0.5) is 4.39 Å². The Hall–Kier alpha value is -1.42. The molecule has 2 atom stereocenters. The second kappa shape index (κ2) is 6.14. The Morgan fingerprint density at radius 3 is 2.90 bits per heavy atom. The van der Waals surface area contributed by atoms with Crippen LogP contribution in [0, 0.1) is 18.7 Å². The Kier molecular flexibility index (Phi) is 4.24. The van der Waals surface area contributed by atoms with Crippen molar-refractivity contribution in [2.45, 2.75) is 38.6 Å². The number of amides is 1. The van der Waals surface area contributed by atoms with E-state index in [0.717, 1.165) is 26.1 Å². The average molecular weight is 290 g/mol. The molecule has 21 heavy (non-hydrogen) atoms. The minimum Gasteiger partial charge on any atom is -0.338 e. The molecule has 1 aromatic carbocycles. The van der Waals surface area contributed by atoms with E-state index in [-0.39, 0.29) is 11.7 Å². The van der Waals surface area contributed by atoms with E-state index < -0.39 is 0 Å². The van der Waals surface area contributed by atoms with Gasteiger partial charge in [-0.05, 0) is 62.8 Å². The number of nitrogens with zero attached hydrogens (tertiary/aromatic N) is 1. The average Bonchev–Trinajstić information content (AvgIpc) is 3.04. The van der Waals surface area contributed by atoms with Gasteiger partial charge in [-0.3, -0.25) is 4.79 Å². The lowest BCUT2D eigenvalue weighted by Crippen LogP contribution is -2.45. The normalized spacial score (nSPS) is 26.1. The Morgan fingerprint density at radius 1 is 1.33 bits per heavy atom. The fourth-order valence-corrected chi connectivity index (χ4v) is 3.55. The van der Waals surface area contributed by atoms with Crippen molar-refractivity contribution in [2.24, 2.45) is 5.92 Å². The minimum absolute atomic E-state index is 0.0309. The van der Waals surface area contributed by atoms with E-state index in [4.69, 9.17) is 0 Å². The number of piperidine rings is 1. The molecular weight excluding hydrogens is 267 g/mol. The van der Waals surface area contributed by atoms with Crippen molar-refractivity contribution >= 4 is 5.91 Å². The van der Waals surface area contributed by atoms with Crippen molar-refractivity contribution in [1.82, 2.24) is 10.2 Å². The summed E-state index contributed by atoms with van der Waals surface area (Å²) in [5, 5.41) is 3.54. The predicted molar refractivity (Wildman–Crippen MR) is 80.8 cm³/mol. The van der Waals surface area contributed by atoms with Crippen LogP contribution in [0.2, 0.25) is 0 Å². The molecule has 114 valence electrons. The Morgan fingerprint density at radius 2 is 2.19 bits per heavy atom. The third-order valence-electron chi connectivity index (χ3n) is 4.83. The quantitative estimate of drug-likeness (QED) is 0.908. The molecule has 2 fully saturated rings. The second-order valence-electron chi connectivity index (χ2n) is 6.32. The van der Waals surface area contributed by atoms with Crippen LogP contribution in [0.1, 0.15) is 41.6 Å². The Balaban J connectivity index is 1.70. The number of carbonyl (C=O) groups is 1. The highest BCUT2D eigenvalue weighted by molar-refractivity contribution is 5.94. The Labute approximate surface area is 125 Å². The number of aryl methyl sites for hydroxylation is 1. The number of hydrogen-bond donors (Lipinski definition) is 1. The maximum absolute atomic E-state index is 13.6. The summed E-state index contributed by atoms with van der Waals surface area (Å²) in [6.07, 6.45) is 4.68. The molecule has 0 spiro atoms. The van der Waals surface area contributed by atoms with Gasteiger partial charge in [0.1, 0.15) is 5.82 Å². The number of halogens is 1. The summed E-state index contributed by atoms with van der Waals surface area (Å²) in [5.74, 6) is 0.212. The number of rotatable bonds is 2. The zero-order valence-electron chi connectivity index (χ0n) is 12.6. The van der Waals surface area contributed by atoms with Crippen molar-refractivity contribution in [3.05, 3.63) is 35.1 Å². The molecule has 3 nitrogen and oxygen atoms in total. The number of benzene rings is 1. The van der Waals surface area contributed by atoms with Crippen molar-refractivity contribution in [3.63, 3.8) is 0 Å². The summed E-state index contributed by atoms with van der Waals surface area (Å²) in [4.78, 5) is 14.5. The van der Waals surface area contributed by atoms with Gasteiger partial charge < -0.3 is 10.2 Å².